The van der Waals surface area contributed by atoms with Crippen molar-refractivity contribution >= 4 is 46.7 Å². The molecule has 0 aromatic heterocycles. The molecule has 1 aromatic carbocycles. The average molecular weight is 356 g/mol. The Balaban J connectivity index is 1.66. The fourth-order valence-electron chi connectivity index (χ4n) is 2.71. The Morgan fingerprint density at radius 3 is 2.65 bits per heavy atom. The molecule has 1 atom stereocenters. The molecule has 0 radical (unpaired) electrons. The summed E-state index contributed by atoms with van der Waals surface area (Å²) in [5, 5.41) is 5.97. The molecule has 1 saturated heterocycles. The highest BCUT2D eigenvalue weighted by Crippen LogP contribution is 2.42. The first-order chi connectivity index (χ1) is 10.8. The molecular formula is C15H15Cl2N3O3. The van der Waals surface area contributed by atoms with E-state index in [1.54, 1.807) is 19.1 Å². The standard InChI is InChI=1S/C15H15Cl2N3O3/c1-15(8-2-3-8)13(22)20(14(23)19-15)7-12(21)18-9-4-5-10(16)11(17)6-9/h4-6,8H,2-3,7H2,1H3,(H,18,21)(H,19,23)/t15-/m1/s1. The SMILES string of the molecule is C[C@]1(C2CC2)NC(=O)N(CC(=O)Nc2ccc(Cl)c(Cl)c2)C1=O. The van der Waals surface area contributed by atoms with Gasteiger partial charge in [0.25, 0.3) is 5.91 Å². The van der Waals surface area contributed by atoms with Crippen LogP contribution < -0.4 is 10.6 Å². The molecule has 1 aromatic rings. The van der Waals surface area contributed by atoms with Crippen molar-refractivity contribution < 1.29 is 14.4 Å². The first kappa shape index (κ1) is 16.1. The number of benzene rings is 1. The van der Waals surface area contributed by atoms with Gasteiger partial charge in [-0.2, -0.15) is 0 Å². The number of carbonyl (C=O) groups excluding carboxylic acids is 3. The molecule has 1 saturated carbocycles. The molecule has 2 N–H and O–H groups in total. The normalized spacial score (nSPS) is 23.9. The summed E-state index contributed by atoms with van der Waals surface area (Å²) in [6.07, 6.45) is 1.82. The maximum absolute atomic E-state index is 12.4. The highest BCUT2D eigenvalue weighted by molar-refractivity contribution is 6.42. The largest absolute Gasteiger partial charge is 0.325 e. The van der Waals surface area contributed by atoms with Gasteiger partial charge in [0.15, 0.2) is 0 Å². The van der Waals surface area contributed by atoms with Crippen molar-refractivity contribution in [3.05, 3.63) is 28.2 Å². The number of anilines is 1. The topological polar surface area (TPSA) is 78.5 Å². The monoisotopic (exact) mass is 355 g/mol. The smallest absolute Gasteiger partial charge is 0.324 e. The number of hydrogen-bond acceptors (Lipinski definition) is 3. The summed E-state index contributed by atoms with van der Waals surface area (Å²) in [5.41, 5.74) is -0.442. The van der Waals surface area contributed by atoms with Gasteiger partial charge in [-0.15, -0.1) is 0 Å². The van der Waals surface area contributed by atoms with Crippen LogP contribution in [0.15, 0.2) is 18.2 Å². The molecule has 0 bridgehead atoms. The summed E-state index contributed by atoms with van der Waals surface area (Å²) in [5.74, 6) is -0.677. The molecule has 122 valence electrons. The lowest BCUT2D eigenvalue weighted by molar-refractivity contribution is -0.134. The number of imide groups is 1. The van der Waals surface area contributed by atoms with Gasteiger partial charge in [-0.1, -0.05) is 23.2 Å². The van der Waals surface area contributed by atoms with Crippen LogP contribution in [0.2, 0.25) is 10.0 Å². The molecule has 4 amide bonds. The van der Waals surface area contributed by atoms with Gasteiger partial charge in [-0.25, -0.2) is 4.79 Å². The maximum atomic E-state index is 12.4. The number of carbonyl (C=O) groups is 3. The zero-order valence-corrected chi connectivity index (χ0v) is 13.9. The van der Waals surface area contributed by atoms with Crippen molar-refractivity contribution in [2.24, 2.45) is 5.92 Å². The third-order valence-electron chi connectivity index (χ3n) is 4.20. The van der Waals surface area contributed by atoms with Gasteiger partial charge < -0.3 is 10.6 Å². The summed E-state index contributed by atoms with van der Waals surface area (Å²) >= 11 is 11.7. The van der Waals surface area contributed by atoms with E-state index in [1.807, 2.05) is 0 Å². The summed E-state index contributed by atoms with van der Waals surface area (Å²) in [4.78, 5) is 37.5. The lowest BCUT2D eigenvalue weighted by Crippen LogP contribution is -2.46. The van der Waals surface area contributed by atoms with Gasteiger partial charge in [0, 0.05) is 5.69 Å². The van der Waals surface area contributed by atoms with Crippen molar-refractivity contribution in [2.75, 3.05) is 11.9 Å². The fourth-order valence-corrected chi connectivity index (χ4v) is 3.01. The van der Waals surface area contributed by atoms with Gasteiger partial charge >= 0.3 is 6.03 Å². The lowest BCUT2D eigenvalue weighted by atomic mass is 9.96. The van der Waals surface area contributed by atoms with Gasteiger partial charge in [-0.05, 0) is 43.9 Å². The first-order valence-corrected chi connectivity index (χ1v) is 7.96. The average Bonchev–Trinajstić information content (AvgIpc) is 3.29. The Hall–Kier alpha value is -1.79. The second-order valence-electron chi connectivity index (χ2n) is 5.98. The zero-order chi connectivity index (χ0) is 16.8. The molecule has 0 unspecified atom stereocenters. The van der Waals surface area contributed by atoms with Crippen LogP contribution in [0.5, 0.6) is 0 Å². The summed E-state index contributed by atoms with van der Waals surface area (Å²) < 4.78 is 0. The number of rotatable bonds is 4. The molecule has 6 nitrogen and oxygen atoms in total. The molecule has 1 heterocycles. The summed E-state index contributed by atoms with van der Waals surface area (Å²) in [6.45, 7) is 1.37. The van der Waals surface area contributed by atoms with Gasteiger partial charge in [-0.3, -0.25) is 14.5 Å². The Bertz CT molecular complexity index is 705. The van der Waals surface area contributed by atoms with E-state index >= 15 is 0 Å². The van der Waals surface area contributed by atoms with E-state index < -0.39 is 17.5 Å². The van der Waals surface area contributed by atoms with Crippen molar-refractivity contribution in [1.82, 2.24) is 10.2 Å². The second-order valence-corrected chi connectivity index (χ2v) is 6.79. The molecule has 23 heavy (non-hydrogen) atoms. The molecule has 2 aliphatic rings. The van der Waals surface area contributed by atoms with E-state index in [0.29, 0.717) is 15.7 Å². The van der Waals surface area contributed by atoms with Crippen LogP contribution in [0.4, 0.5) is 10.5 Å². The minimum absolute atomic E-state index is 0.155. The number of urea groups is 1. The van der Waals surface area contributed by atoms with E-state index in [0.717, 1.165) is 17.7 Å². The number of hydrogen-bond donors (Lipinski definition) is 2. The zero-order valence-electron chi connectivity index (χ0n) is 12.4. The fraction of sp³-hybridized carbons (Fsp3) is 0.400. The third kappa shape index (κ3) is 3.01. The first-order valence-electron chi connectivity index (χ1n) is 7.20. The van der Waals surface area contributed by atoms with E-state index in [1.165, 1.54) is 6.07 Å². The van der Waals surface area contributed by atoms with Crippen LogP contribution in [0, 0.1) is 5.92 Å². The Labute approximate surface area is 143 Å². The van der Waals surface area contributed by atoms with Crippen LogP contribution in [0.25, 0.3) is 0 Å². The van der Waals surface area contributed by atoms with Crippen molar-refractivity contribution in [1.29, 1.82) is 0 Å². The molecule has 2 fully saturated rings. The van der Waals surface area contributed by atoms with Crippen LogP contribution >= 0.6 is 23.2 Å². The van der Waals surface area contributed by atoms with E-state index in [4.69, 9.17) is 23.2 Å². The van der Waals surface area contributed by atoms with E-state index in [9.17, 15) is 14.4 Å². The van der Waals surface area contributed by atoms with E-state index in [2.05, 4.69) is 10.6 Å². The molecule has 3 rings (SSSR count). The molecule has 1 aliphatic carbocycles. The maximum Gasteiger partial charge on any atom is 0.325 e. The number of halogens is 2. The number of nitrogens with zero attached hydrogens (tertiary/aromatic N) is 1. The van der Waals surface area contributed by atoms with Gasteiger partial charge in [0.1, 0.15) is 12.1 Å². The quantitative estimate of drug-likeness (QED) is 0.814. The third-order valence-corrected chi connectivity index (χ3v) is 4.94. The highest BCUT2D eigenvalue weighted by Gasteiger charge is 2.56. The van der Waals surface area contributed by atoms with Crippen LogP contribution in [0.3, 0.4) is 0 Å². The number of amides is 4. The predicted octanol–water partition coefficient (Wildman–Crippen LogP) is 2.65. The lowest BCUT2D eigenvalue weighted by Gasteiger charge is -2.20. The Kier molecular flexibility index (Phi) is 3.98. The predicted molar refractivity (Wildman–Crippen MR) is 86.5 cm³/mol. The van der Waals surface area contributed by atoms with Gasteiger partial charge in [0.2, 0.25) is 5.91 Å². The Morgan fingerprint density at radius 2 is 2.04 bits per heavy atom. The minimum Gasteiger partial charge on any atom is -0.324 e. The van der Waals surface area contributed by atoms with Gasteiger partial charge in [0.05, 0.1) is 10.0 Å². The van der Waals surface area contributed by atoms with Crippen LogP contribution in [0.1, 0.15) is 19.8 Å². The molecule has 1 aliphatic heterocycles. The Morgan fingerprint density at radius 1 is 1.35 bits per heavy atom. The summed E-state index contributed by atoms with van der Waals surface area (Å²) in [7, 11) is 0. The van der Waals surface area contributed by atoms with Crippen molar-refractivity contribution in [2.45, 2.75) is 25.3 Å². The minimum atomic E-state index is -0.888. The molecular weight excluding hydrogens is 341 g/mol. The highest BCUT2D eigenvalue weighted by atomic mass is 35.5. The van der Waals surface area contributed by atoms with Crippen LogP contribution in [-0.2, 0) is 9.59 Å². The molecule has 0 spiro atoms. The van der Waals surface area contributed by atoms with Crippen molar-refractivity contribution in [3.8, 4) is 0 Å². The summed E-state index contributed by atoms with van der Waals surface area (Å²) in [6, 6.07) is 4.11. The molecule has 8 heteroatoms. The van der Waals surface area contributed by atoms with Crippen molar-refractivity contribution in [3.63, 3.8) is 0 Å². The number of nitrogens with one attached hydrogen (secondary N) is 2. The van der Waals surface area contributed by atoms with Crippen LogP contribution in [-0.4, -0.2) is 34.8 Å². The van der Waals surface area contributed by atoms with E-state index in [-0.39, 0.29) is 18.4 Å². The second kappa shape index (κ2) is 5.69.